The van der Waals surface area contributed by atoms with Gasteiger partial charge in [-0.25, -0.2) is 9.78 Å². The van der Waals surface area contributed by atoms with Gasteiger partial charge in [-0.05, 0) is 19.1 Å². The van der Waals surface area contributed by atoms with Crippen LogP contribution in [0.2, 0.25) is 0 Å². The van der Waals surface area contributed by atoms with Crippen LogP contribution in [0.15, 0.2) is 28.6 Å². The topological polar surface area (TPSA) is 68.3 Å². The van der Waals surface area contributed by atoms with E-state index in [1.54, 1.807) is 18.3 Å². The van der Waals surface area contributed by atoms with Gasteiger partial charge in [0.05, 0.1) is 23.1 Å². The van der Waals surface area contributed by atoms with Crippen molar-refractivity contribution in [1.29, 1.82) is 0 Å². The maximum Gasteiger partial charge on any atom is 0.328 e. The van der Waals surface area contributed by atoms with E-state index < -0.39 is 12.0 Å². The maximum absolute atomic E-state index is 11.7. The molecule has 1 amide bonds. The number of nitrogens with one attached hydrogen (secondary N) is 1. The second-order valence-electron chi connectivity index (χ2n) is 4.05. The summed E-state index contributed by atoms with van der Waals surface area (Å²) in [6.45, 7) is 1.59. The highest BCUT2D eigenvalue weighted by Gasteiger charge is 2.16. The van der Waals surface area contributed by atoms with Gasteiger partial charge in [0.25, 0.3) is 0 Å². The number of ether oxygens (including phenoxy) is 1. The fourth-order valence-corrected chi connectivity index (χ4v) is 3.44. The molecule has 20 heavy (non-hydrogen) atoms. The average molecular weight is 310 g/mol. The number of aromatic nitrogens is 1. The fraction of sp³-hybridized carbons (Fsp3) is 0.308. The number of thioether (sulfide) groups is 1. The number of nitrogens with zero attached hydrogens (tertiary/aromatic N) is 1. The Morgan fingerprint density at radius 1 is 1.45 bits per heavy atom. The predicted octanol–water partition coefficient (Wildman–Crippen LogP) is 2.07. The number of esters is 1. The van der Waals surface area contributed by atoms with E-state index in [2.05, 4.69) is 15.0 Å². The minimum Gasteiger partial charge on any atom is -0.467 e. The van der Waals surface area contributed by atoms with E-state index in [-0.39, 0.29) is 11.7 Å². The summed E-state index contributed by atoms with van der Waals surface area (Å²) in [6, 6.07) is 7.19. The summed E-state index contributed by atoms with van der Waals surface area (Å²) in [6.07, 6.45) is 0. The van der Waals surface area contributed by atoms with Crippen LogP contribution in [0.3, 0.4) is 0 Å². The molecule has 0 aliphatic carbocycles. The second kappa shape index (κ2) is 6.71. The van der Waals surface area contributed by atoms with Gasteiger partial charge in [-0.1, -0.05) is 23.9 Å². The quantitative estimate of drug-likeness (QED) is 0.676. The molecule has 0 aliphatic heterocycles. The fourth-order valence-electron chi connectivity index (χ4n) is 1.56. The number of rotatable bonds is 5. The Labute approximate surface area is 124 Å². The van der Waals surface area contributed by atoms with Crippen molar-refractivity contribution in [2.24, 2.45) is 0 Å². The molecule has 1 aromatic heterocycles. The summed E-state index contributed by atoms with van der Waals surface area (Å²) in [5.74, 6) is -0.447. The standard InChI is InChI=1S/C13H14N2O3S2/c1-8(12(17)18-2)14-11(16)7-19-13-15-9-5-3-4-6-10(9)20-13/h3-6,8H,7H2,1-2H3,(H,14,16). The molecule has 1 unspecified atom stereocenters. The molecule has 5 nitrogen and oxygen atoms in total. The van der Waals surface area contributed by atoms with Gasteiger partial charge < -0.3 is 10.1 Å². The highest BCUT2D eigenvalue weighted by Crippen LogP contribution is 2.28. The SMILES string of the molecule is COC(=O)C(C)NC(=O)CSc1nc2ccccc2s1. The number of carbonyl (C=O) groups excluding carboxylic acids is 2. The zero-order valence-electron chi connectivity index (χ0n) is 11.1. The van der Waals surface area contributed by atoms with Gasteiger partial charge in [0.2, 0.25) is 5.91 Å². The van der Waals surface area contributed by atoms with Gasteiger partial charge in [-0.3, -0.25) is 4.79 Å². The molecule has 7 heteroatoms. The Bertz CT molecular complexity index is 594. The van der Waals surface area contributed by atoms with Crippen LogP contribution in [0.25, 0.3) is 10.2 Å². The molecule has 0 saturated carbocycles. The number of hydrogen-bond donors (Lipinski definition) is 1. The molecule has 2 rings (SSSR count). The van der Waals surface area contributed by atoms with E-state index in [9.17, 15) is 9.59 Å². The first kappa shape index (κ1) is 14.8. The van der Waals surface area contributed by atoms with Crippen LogP contribution in [0.5, 0.6) is 0 Å². The highest BCUT2D eigenvalue weighted by atomic mass is 32.2. The van der Waals surface area contributed by atoms with Crippen molar-refractivity contribution in [1.82, 2.24) is 10.3 Å². The van der Waals surface area contributed by atoms with Crippen LogP contribution >= 0.6 is 23.1 Å². The number of benzene rings is 1. The average Bonchev–Trinajstić information content (AvgIpc) is 2.87. The van der Waals surface area contributed by atoms with Crippen LogP contribution in [-0.4, -0.2) is 35.8 Å². The molecule has 1 heterocycles. The Balaban J connectivity index is 1.88. The van der Waals surface area contributed by atoms with Gasteiger partial charge in [-0.15, -0.1) is 11.3 Å². The summed E-state index contributed by atoms with van der Waals surface area (Å²) in [5.41, 5.74) is 0.934. The Kier molecular flexibility index (Phi) is 4.97. The number of methoxy groups -OCH3 is 1. The molecule has 1 atom stereocenters. The van der Waals surface area contributed by atoms with E-state index >= 15 is 0 Å². The minimum atomic E-state index is -0.636. The first-order chi connectivity index (χ1) is 9.60. The lowest BCUT2D eigenvalue weighted by molar-refractivity contribution is -0.144. The normalized spacial score (nSPS) is 12.1. The molecule has 0 bridgehead atoms. The van der Waals surface area contributed by atoms with Crippen molar-refractivity contribution >= 4 is 45.2 Å². The maximum atomic E-state index is 11.7. The van der Waals surface area contributed by atoms with E-state index in [0.29, 0.717) is 0 Å². The van der Waals surface area contributed by atoms with E-state index in [1.807, 2.05) is 24.3 Å². The molecular weight excluding hydrogens is 296 g/mol. The monoisotopic (exact) mass is 310 g/mol. The third-order valence-electron chi connectivity index (χ3n) is 2.53. The summed E-state index contributed by atoms with van der Waals surface area (Å²) >= 11 is 2.91. The predicted molar refractivity (Wildman–Crippen MR) is 80.0 cm³/mol. The number of carbonyl (C=O) groups is 2. The lowest BCUT2D eigenvalue weighted by atomic mass is 10.3. The minimum absolute atomic E-state index is 0.216. The van der Waals surface area contributed by atoms with Crippen molar-refractivity contribution in [2.75, 3.05) is 12.9 Å². The third-order valence-corrected chi connectivity index (χ3v) is 4.71. The van der Waals surface area contributed by atoms with Gasteiger partial charge >= 0.3 is 5.97 Å². The van der Waals surface area contributed by atoms with Crippen molar-refractivity contribution in [2.45, 2.75) is 17.3 Å². The van der Waals surface area contributed by atoms with Gasteiger partial charge in [-0.2, -0.15) is 0 Å². The molecule has 0 radical (unpaired) electrons. The number of thiazole rings is 1. The summed E-state index contributed by atoms with van der Waals surface area (Å²) < 4.78 is 6.48. The number of para-hydroxylation sites is 1. The first-order valence-corrected chi connectivity index (χ1v) is 7.76. The van der Waals surface area contributed by atoms with E-state index in [4.69, 9.17) is 0 Å². The van der Waals surface area contributed by atoms with Crippen LogP contribution in [0.1, 0.15) is 6.92 Å². The van der Waals surface area contributed by atoms with Crippen molar-refractivity contribution in [3.05, 3.63) is 24.3 Å². The molecule has 0 saturated heterocycles. The number of hydrogen-bond acceptors (Lipinski definition) is 6. The van der Waals surface area contributed by atoms with Crippen LogP contribution in [0, 0.1) is 0 Å². The number of amides is 1. The molecule has 0 aliphatic rings. The third kappa shape index (κ3) is 3.71. The molecule has 0 fully saturated rings. The molecule has 0 spiro atoms. The van der Waals surface area contributed by atoms with Crippen molar-refractivity contribution in [3.8, 4) is 0 Å². The molecule has 1 aromatic carbocycles. The largest absolute Gasteiger partial charge is 0.467 e. The van der Waals surface area contributed by atoms with Crippen LogP contribution in [0.4, 0.5) is 0 Å². The molecular formula is C13H14N2O3S2. The van der Waals surface area contributed by atoms with E-state index in [1.165, 1.54) is 18.9 Å². The smallest absolute Gasteiger partial charge is 0.328 e. The second-order valence-corrected chi connectivity index (χ2v) is 6.30. The molecule has 2 aromatic rings. The van der Waals surface area contributed by atoms with Gasteiger partial charge in [0.1, 0.15) is 6.04 Å². The number of fused-ring (bicyclic) bond motifs is 1. The lowest BCUT2D eigenvalue weighted by Gasteiger charge is -2.10. The van der Waals surface area contributed by atoms with Crippen LogP contribution in [-0.2, 0) is 14.3 Å². The van der Waals surface area contributed by atoms with Gasteiger partial charge in [0.15, 0.2) is 4.34 Å². The summed E-state index contributed by atoms with van der Waals surface area (Å²) in [4.78, 5) is 27.3. The van der Waals surface area contributed by atoms with Gasteiger partial charge in [0, 0.05) is 0 Å². The highest BCUT2D eigenvalue weighted by molar-refractivity contribution is 8.01. The summed E-state index contributed by atoms with van der Waals surface area (Å²) in [5, 5.41) is 2.58. The Morgan fingerprint density at radius 2 is 2.20 bits per heavy atom. The Morgan fingerprint density at radius 3 is 2.90 bits per heavy atom. The van der Waals surface area contributed by atoms with E-state index in [0.717, 1.165) is 14.6 Å². The zero-order chi connectivity index (χ0) is 14.5. The van der Waals surface area contributed by atoms with Crippen molar-refractivity contribution in [3.63, 3.8) is 0 Å². The lowest BCUT2D eigenvalue weighted by Crippen LogP contribution is -2.40. The Hall–Kier alpha value is -1.60. The molecule has 1 N–H and O–H groups in total. The molecule has 106 valence electrons. The summed E-state index contributed by atoms with van der Waals surface area (Å²) in [7, 11) is 1.29. The first-order valence-electron chi connectivity index (χ1n) is 5.95. The zero-order valence-corrected chi connectivity index (χ0v) is 12.7. The van der Waals surface area contributed by atoms with Crippen molar-refractivity contribution < 1.29 is 14.3 Å². The van der Waals surface area contributed by atoms with Crippen LogP contribution < -0.4 is 5.32 Å².